The molecule has 0 saturated heterocycles. The minimum atomic E-state index is 0.227. The summed E-state index contributed by atoms with van der Waals surface area (Å²) in [6, 6.07) is 8.52. The van der Waals surface area contributed by atoms with Crippen LogP contribution in [0.2, 0.25) is 0 Å². The summed E-state index contributed by atoms with van der Waals surface area (Å²) in [6.07, 6.45) is 0. The van der Waals surface area contributed by atoms with Gasteiger partial charge in [0.15, 0.2) is 0 Å². The van der Waals surface area contributed by atoms with Crippen molar-refractivity contribution in [1.29, 1.82) is 0 Å². The summed E-state index contributed by atoms with van der Waals surface area (Å²) in [5.41, 5.74) is 1.30. The maximum absolute atomic E-state index is 9.09. The number of methoxy groups -OCH3 is 1. The molecule has 0 aliphatic heterocycles. The quantitative estimate of drug-likeness (QED) is 0.782. The third-order valence-corrected chi connectivity index (χ3v) is 3.57. The molecule has 18 heavy (non-hydrogen) atoms. The van der Waals surface area contributed by atoms with Crippen LogP contribution in [0.5, 0.6) is 5.75 Å². The Morgan fingerprint density at radius 2 is 1.78 bits per heavy atom. The van der Waals surface area contributed by atoms with Gasteiger partial charge in [-0.15, -0.1) is 0 Å². The van der Waals surface area contributed by atoms with Crippen LogP contribution >= 0.6 is 0 Å². The Morgan fingerprint density at radius 3 is 2.28 bits per heavy atom. The van der Waals surface area contributed by atoms with Gasteiger partial charge in [-0.2, -0.15) is 0 Å². The number of benzene rings is 1. The second-order valence-electron chi connectivity index (χ2n) is 5.03. The summed E-state index contributed by atoms with van der Waals surface area (Å²) in [7, 11) is 1.68. The van der Waals surface area contributed by atoms with Crippen LogP contribution in [0.25, 0.3) is 0 Å². The van der Waals surface area contributed by atoms with Crippen molar-refractivity contribution in [3.05, 3.63) is 29.8 Å². The molecule has 0 saturated carbocycles. The second-order valence-corrected chi connectivity index (χ2v) is 5.03. The molecule has 0 spiro atoms. The molecule has 0 aliphatic carbocycles. The van der Waals surface area contributed by atoms with E-state index in [1.54, 1.807) is 7.11 Å². The van der Waals surface area contributed by atoms with Crippen LogP contribution < -0.4 is 10.1 Å². The first-order valence-electron chi connectivity index (χ1n) is 6.56. The van der Waals surface area contributed by atoms with Gasteiger partial charge in [0, 0.05) is 19.2 Å². The zero-order chi connectivity index (χ0) is 13.5. The Labute approximate surface area is 110 Å². The first-order valence-corrected chi connectivity index (χ1v) is 6.56. The smallest absolute Gasteiger partial charge is 0.118 e. The first kappa shape index (κ1) is 15.0. The van der Waals surface area contributed by atoms with Gasteiger partial charge in [0.05, 0.1) is 7.11 Å². The molecule has 0 aliphatic rings. The molecule has 102 valence electrons. The fourth-order valence-electron chi connectivity index (χ4n) is 1.77. The SMILES string of the molecule is COc1ccc(C(C)CNC(C)C(C)CO)cc1. The van der Waals surface area contributed by atoms with E-state index in [9.17, 15) is 0 Å². The zero-order valence-corrected chi connectivity index (χ0v) is 11.8. The van der Waals surface area contributed by atoms with Gasteiger partial charge >= 0.3 is 0 Å². The van der Waals surface area contributed by atoms with Crippen LogP contribution in [-0.2, 0) is 0 Å². The van der Waals surface area contributed by atoms with Crippen LogP contribution in [0, 0.1) is 5.92 Å². The Morgan fingerprint density at radius 1 is 1.17 bits per heavy atom. The molecule has 3 atom stereocenters. The highest BCUT2D eigenvalue weighted by atomic mass is 16.5. The molecule has 0 radical (unpaired) electrons. The van der Waals surface area contributed by atoms with Crippen molar-refractivity contribution in [2.45, 2.75) is 32.7 Å². The molecule has 3 nitrogen and oxygen atoms in total. The maximum Gasteiger partial charge on any atom is 0.118 e. The number of hydrogen-bond acceptors (Lipinski definition) is 3. The topological polar surface area (TPSA) is 41.5 Å². The Hall–Kier alpha value is -1.06. The highest BCUT2D eigenvalue weighted by molar-refractivity contribution is 5.29. The lowest BCUT2D eigenvalue weighted by atomic mass is 9.99. The van der Waals surface area contributed by atoms with E-state index in [-0.39, 0.29) is 12.5 Å². The van der Waals surface area contributed by atoms with Crippen molar-refractivity contribution in [3.8, 4) is 5.75 Å². The highest BCUT2D eigenvalue weighted by Gasteiger charge is 2.12. The van der Waals surface area contributed by atoms with Crippen LogP contribution in [0.4, 0.5) is 0 Å². The number of hydrogen-bond donors (Lipinski definition) is 2. The second kappa shape index (κ2) is 7.39. The number of aliphatic hydroxyl groups excluding tert-OH is 1. The van der Waals surface area contributed by atoms with Crippen LogP contribution in [0.3, 0.4) is 0 Å². The van der Waals surface area contributed by atoms with Gasteiger partial charge in [0.1, 0.15) is 5.75 Å². The minimum absolute atomic E-state index is 0.227. The fourth-order valence-corrected chi connectivity index (χ4v) is 1.77. The van der Waals surface area contributed by atoms with Crippen LogP contribution in [0.1, 0.15) is 32.3 Å². The summed E-state index contributed by atoms with van der Waals surface area (Å²) in [5.74, 6) is 1.62. The maximum atomic E-state index is 9.09. The summed E-state index contributed by atoms with van der Waals surface area (Å²) in [4.78, 5) is 0. The summed E-state index contributed by atoms with van der Waals surface area (Å²) in [5, 5.41) is 12.6. The first-order chi connectivity index (χ1) is 8.58. The standard InChI is InChI=1S/C15H25NO2/c1-11(9-16-13(3)12(2)10-17)14-5-7-15(18-4)8-6-14/h5-8,11-13,16-17H,9-10H2,1-4H3. The molecule has 0 amide bonds. The van der Waals surface area contributed by atoms with Crippen molar-refractivity contribution in [2.24, 2.45) is 5.92 Å². The zero-order valence-electron chi connectivity index (χ0n) is 11.8. The Balaban J connectivity index is 2.46. The van der Waals surface area contributed by atoms with Gasteiger partial charge in [-0.1, -0.05) is 26.0 Å². The third kappa shape index (κ3) is 4.31. The summed E-state index contributed by atoms with van der Waals surface area (Å²) < 4.78 is 5.15. The molecule has 1 aromatic rings. The average molecular weight is 251 g/mol. The lowest BCUT2D eigenvalue weighted by Crippen LogP contribution is -2.36. The number of nitrogens with one attached hydrogen (secondary N) is 1. The van der Waals surface area contributed by atoms with Crippen LogP contribution in [0.15, 0.2) is 24.3 Å². The van der Waals surface area contributed by atoms with Gasteiger partial charge in [0.25, 0.3) is 0 Å². The van der Waals surface area contributed by atoms with Gasteiger partial charge in [-0.05, 0) is 36.5 Å². The van der Waals surface area contributed by atoms with E-state index < -0.39 is 0 Å². The molecule has 1 aromatic carbocycles. The van der Waals surface area contributed by atoms with Crippen LogP contribution in [-0.4, -0.2) is 31.4 Å². The number of ether oxygens (including phenoxy) is 1. The summed E-state index contributed by atoms with van der Waals surface area (Å²) >= 11 is 0. The van der Waals surface area contributed by atoms with Gasteiger partial charge < -0.3 is 15.2 Å². The van der Waals surface area contributed by atoms with E-state index in [2.05, 4.69) is 38.2 Å². The Kier molecular flexibility index (Phi) is 6.16. The van der Waals surface area contributed by atoms with Gasteiger partial charge in [-0.3, -0.25) is 0 Å². The van der Waals surface area contributed by atoms with Crippen molar-refractivity contribution in [2.75, 3.05) is 20.3 Å². The molecule has 0 bridgehead atoms. The van der Waals surface area contributed by atoms with Crippen molar-refractivity contribution < 1.29 is 9.84 Å². The van der Waals surface area contributed by atoms with Gasteiger partial charge in [0.2, 0.25) is 0 Å². The van der Waals surface area contributed by atoms with E-state index >= 15 is 0 Å². The highest BCUT2D eigenvalue weighted by Crippen LogP contribution is 2.18. The van der Waals surface area contributed by atoms with E-state index in [0.29, 0.717) is 12.0 Å². The van der Waals surface area contributed by atoms with Gasteiger partial charge in [-0.25, -0.2) is 0 Å². The van der Waals surface area contributed by atoms with E-state index in [0.717, 1.165) is 12.3 Å². The average Bonchev–Trinajstić information content (AvgIpc) is 2.43. The fraction of sp³-hybridized carbons (Fsp3) is 0.600. The molecule has 3 unspecified atom stereocenters. The molecular formula is C15H25NO2. The molecular weight excluding hydrogens is 226 g/mol. The van der Waals surface area contributed by atoms with E-state index in [4.69, 9.17) is 9.84 Å². The predicted molar refractivity (Wildman–Crippen MR) is 75.1 cm³/mol. The van der Waals surface area contributed by atoms with Crippen molar-refractivity contribution in [3.63, 3.8) is 0 Å². The number of aliphatic hydroxyl groups is 1. The molecule has 3 heteroatoms. The largest absolute Gasteiger partial charge is 0.497 e. The number of rotatable bonds is 7. The van der Waals surface area contributed by atoms with Crippen molar-refractivity contribution in [1.82, 2.24) is 5.32 Å². The minimum Gasteiger partial charge on any atom is -0.497 e. The third-order valence-electron chi connectivity index (χ3n) is 3.57. The Bertz CT molecular complexity index is 337. The summed E-state index contributed by atoms with van der Waals surface area (Å²) in [6.45, 7) is 7.51. The molecule has 2 N–H and O–H groups in total. The molecule has 1 rings (SSSR count). The van der Waals surface area contributed by atoms with E-state index in [1.807, 2.05) is 12.1 Å². The monoisotopic (exact) mass is 251 g/mol. The predicted octanol–water partition coefficient (Wildman–Crippen LogP) is 2.41. The normalized spacial score (nSPS) is 16.1. The lowest BCUT2D eigenvalue weighted by molar-refractivity contribution is 0.207. The van der Waals surface area contributed by atoms with Crippen molar-refractivity contribution >= 4 is 0 Å². The molecule has 0 aromatic heterocycles. The molecule has 0 heterocycles. The van der Waals surface area contributed by atoms with E-state index in [1.165, 1.54) is 5.56 Å². The lowest BCUT2D eigenvalue weighted by Gasteiger charge is -2.22. The molecule has 0 fully saturated rings.